The Morgan fingerprint density at radius 2 is 0.769 bits per heavy atom. The number of imide groups is 3. The molecule has 0 fully saturated rings. The number of rotatable bonds is 16. The van der Waals surface area contributed by atoms with Gasteiger partial charge in [0.25, 0.3) is 35.4 Å². The SMILES string of the molecule is CCC(COCC(C)N1C(=O)C=CC1=O)(COCC(C)N1C(=O)C=CC1=O)COCC(C)N1C(=O)C=CC1=O. The van der Waals surface area contributed by atoms with Crippen molar-refractivity contribution in [2.75, 3.05) is 39.6 Å². The molecule has 0 aliphatic carbocycles. The fourth-order valence-corrected chi connectivity index (χ4v) is 4.53. The molecule has 212 valence electrons. The van der Waals surface area contributed by atoms with Gasteiger partial charge in [-0.05, 0) is 27.2 Å². The first-order valence-electron chi connectivity index (χ1n) is 12.9. The van der Waals surface area contributed by atoms with Crippen molar-refractivity contribution in [3.63, 3.8) is 0 Å². The molecule has 3 aliphatic rings. The lowest BCUT2D eigenvalue weighted by Gasteiger charge is -2.34. The highest BCUT2D eigenvalue weighted by molar-refractivity contribution is 6.14. The maximum Gasteiger partial charge on any atom is 0.253 e. The summed E-state index contributed by atoms with van der Waals surface area (Å²) in [5.41, 5.74) is -0.676. The van der Waals surface area contributed by atoms with Crippen molar-refractivity contribution in [1.29, 1.82) is 0 Å². The molecule has 3 rings (SSSR count). The number of hydrogen-bond donors (Lipinski definition) is 0. The molecule has 0 spiro atoms. The third kappa shape index (κ3) is 7.14. The number of carbonyl (C=O) groups is 6. The van der Waals surface area contributed by atoms with Gasteiger partial charge in [0.1, 0.15) is 0 Å². The molecule has 3 heterocycles. The van der Waals surface area contributed by atoms with E-state index >= 15 is 0 Å². The van der Waals surface area contributed by atoms with Crippen molar-refractivity contribution >= 4 is 35.4 Å². The van der Waals surface area contributed by atoms with Crippen LogP contribution in [-0.4, -0.2) is 108 Å². The molecule has 0 radical (unpaired) electrons. The molecule has 6 amide bonds. The zero-order chi connectivity index (χ0) is 28.7. The van der Waals surface area contributed by atoms with Crippen molar-refractivity contribution in [3.8, 4) is 0 Å². The van der Waals surface area contributed by atoms with E-state index in [-0.39, 0.29) is 39.6 Å². The molecule has 3 aliphatic heterocycles. The Hall–Kier alpha value is -3.48. The maximum absolute atomic E-state index is 12.0. The smallest absolute Gasteiger partial charge is 0.253 e. The van der Waals surface area contributed by atoms with Gasteiger partial charge in [-0.2, -0.15) is 0 Å². The molecule has 3 atom stereocenters. The Balaban J connectivity index is 1.59. The molecule has 3 unspecified atom stereocenters. The van der Waals surface area contributed by atoms with Crippen LogP contribution in [0.15, 0.2) is 36.5 Å². The first-order valence-corrected chi connectivity index (χ1v) is 12.9. The summed E-state index contributed by atoms with van der Waals surface area (Å²) in [5.74, 6) is -2.37. The average Bonchev–Trinajstić information content (AvgIpc) is 3.53. The van der Waals surface area contributed by atoms with Crippen LogP contribution < -0.4 is 0 Å². The van der Waals surface area contributed by atoms with E-state index in [1.54, 1.807) is 20.8 Å². The number of nitrogens with zero attached hydrogens (tertiary/aromatic N) is 3. The van der Waals surface area contributed by atoms with Crippen molar-refractivity contribution < 1.29 is 43.0 Å². The topological polar surface area (TPSA) is 140 Å². The van der Waals surface area contributed by atoms with Gasteiger partial charge in [0, 0.05) is 41.9 Å². The highest BCUT2D eigenvalue weighted by Gasteiger charge is 2.35. The largest absolute Gasteiger partial charge is 0.379 e. The molecule has 0 aromatic heterocycles. The van der Waals surface area contributed by atoms with Gasteiger partial charge in [-0.15, -0.1) is 0 Å². The molecule has 0 saturated carbocycles. The second-order valence-corrected chi connectivity index (χ2v) is 10.1. The first kappa shape index (κ1) is 30.1. The minimum atomic E-state index is -0.676. The monoisotopic (exact) mass is 545 g/mol. The van der Waals surface area contributed by atoms with Crippen LogP contribution in [0.4, 0.5) is 0 Å². The van der Waals surface area contributed by atoms with Gasteiger partial charge in [-0.1, -0.05) is 6.92 Å². The van der Waals surface area contributed by atoms with Crippen LogP contribution in [0.3, 0.4) is 0 Å². The summed E-state index contributed by atoms with van der Waals surface area (Å²) in [6.07, 6.45) is 7.86. The molecule has 0 aromatic carbocycles. The van der Waals surface area contributed by atoms with E-state index in [1.807, 2.05) is 6.92 Å². The predicted molar refractivity (Wildman–Crippen MR) is 137 cm³/mol. The highest BCUT2D eigenvalue weighted by atomic mass is 16.5. The molecule has 0 saturated heterocycles. The van der Waals surface area contributed by atoms with Gasteiger partial charge < -0.3 is 14.2 Å². The lowest BCUT2D eigenvalue weighted by atomic mass is 9.88. The number of amides is 6. The predicted octanol–water partition coefficient (Wildman–Crippen LogP) is 0.373. The number of hydrogen-bond acceptors (Lipinski definition) is 9. The molecule has 0 N–H and O–H groups in total. The van der Waals surface area contributed by atoms with E-state index in [9.17, 15) is 28.8 Å². The van der Waals surface area contributed by atoms with Crippen LogP contribution in [0, 0.1) is 5.41 Å². The summed E-state index contributed by atoms with van der Waals surface area (Å²) in [4.78, 5) is 75.2. The summed E-state index contributed by atoms with van der Waals surface area (Å²) >= 11 is 0. The lowest BCUT2D eigenvalue weighted by molar-refractivity contribution is -0.141. The molecular weight excluding hydrogens is 510 g/mol. The zero-order valence-corrected chi connectivity index (χ0v) is 22.7. The van der Waals surface area contributed by atoms with Gasteiger partial charge in [-0.25, -0.2) is 0 Å². The molecule has 12 nitrogen and oxygen atoms in total. The van der Waals surface area contributed by atoms with Gasteiger partial charge in [0.2, 0.25) is 0 Å². The van der Waals surface area contributed by atoms with Crippen molar-refractivity contribution in [2.45, 2.75) is 52.2 Å². The minimum absolute atomic E-state index is 0.0959. The van der Waals surface area contributed by atoms with Gasteiger partial charge in [0.05, 0.1) is 57.8 Å². The van der Waals surface area contributed by atoms with Crippen molar-refractivity contribution in [1.82, 2.24) is 14.7 Å². The standard InChI is InChI=1S/C27H35N3O9/c1-5-27(15-37-12-18(2)28-21(31)6-7-22(28)32,16-38-13-19(3)29-23(33)8-9-24(29)34)17-39-14-20(4)30-25(35)10-11-26(30)36/h6-11,18-20H,5,12-17H2,1-4H3. The van der Waals surface area contributed by atoms with Crippen LogP contribution in [0.1, 0.15) is 34.1 Å². The second-order valence-electron chi connectivity index (χ2n) is 10.1. The molecule has 0 bridgehead atoms. The van der Waals surface area contributed by atoms with Crippen LogP contribution in [-0.2, 0) is 43.0 Å². The Bertz CT molecular complexity index is 911. The van der Waals surface area contributed by atoms with Crippen LogP contribution >= 0.6 is 0 Å². The van der Waals surface area contributed by atoms with Crippen LogP contribution in [0.2, 0.25) is 0 Å². The fraction of sp³-hybridized carbons (Fsp3) is 0.556. The zero-order valence-electron chi connectivity index (χ0n) is 22.7. The first-order chi connectivity index (χ1) is 18.5. The molecular formula is C27H35N3O9. The normalized spacial score (nSPS) is 21.1. The summed E-state index contributed by atoms with van der Waals surface area (Å²) in [5, 5.41) is 0. The quantitative estimate of drug-likeness (QED) is 0.252. The summed E-state index contributed by atoms with van der Waals surface area (Å²) in [7, 11) is 0. The molecule has 39 heavy (non-hydrogen) atoms. The second kappa shape index (κ2) is 13.0. The summed E-state index contributed by atoms with van der Waals surface area (Å²) in [6.45, 7) is 7.83. The Labute approximate surface area is 227 Å². The Morgan fingerprint density at radius 1 is 0.538 bits per heavy atom. The fourth-order valence-electron chi connectivity index (χ4n) is 4.53. The van der Waals surface area contributed by atoms with E-state index < -0.39 is 59.0 Å². The van der Waals surface area contributed by atoms with Gasteiger partial charge in [-0.3, -0.25) is 43.5 Å². The van der Waals surface area contributed by atoms with Crippen molar-refractivity contribution in [2.24, 2.45) is 5.41 Å². The highest BCUT2D eigenvalue weighted by Crippen LogP contribution is 2.26. The summed E-state index contributed by atoms with van der Waals surface area (Å²) in [6, 6.07) is -1.47. The third-order valence-corrected chi connectivity index (χ3v) is 6.90. The van der Waals surface area contributed by atoms with E-state index in [4.69, 9.17) is 14.2 Å². The van der Waals surface area contributed by atoms with Gasteiger partial charge >= 0.3 is 0 Å². The maximum atomic E-state index is 12.0. The van der Waals surface area contributed by atoms with E-state index in [0.29, 0.717) is 6.42 Å². The molecule has 12 heteroatoms. The minimum Gasteiger partial charge on any atom is -0.379 e. The van der Waals surface area contributed by atoms with Crippen LogP contribution in [0.25, 0.3) is 0 Å². The van der Waals surface area contributed by atoms with Gasteiger partial charge in [0.15, 0.2) is 0 Å². The average molecular weight is 546 g/mol. The third-order valence-electron chi connectivity index (χ3n) is 6.90. The van der Waals surface area contributed by atoms with E-state index in [1.165, 1.54) is 36.5 Å². The number of carbonyl (C=O) groups excluding carboxylic acids is 6. The van der Waals surface area contributed by atoms with E-state index in [2.05, 4.69) is 0 Å². The summed E-state index contributed by atoms with van der Waals surface area (Å²) < 4.78 is 17.9. The van der Waals surface area contributed by atoms with Crippen LogP contribution in [0.5, 0.6) is 0 Å². The van der Waals surface area contributed by atoms with Crippen molar-refractivity contribution in [3.05, 3.63) is 36.5 Å². The van der Waals surface area contributed by atoms with E-state index in [0.717, 1.165) is 14.7 Å². The Kier molecular flexibility index (Phi) is 10.1. The molecule has 0 aromatic rings. The Morgan fingerprint density at radius 3 is 0.974 bits per heavy atom. The number of ether oxygens (including phenoxy) is 3. The lowest BCUT2D eigenvalue weighted by Crippen LogP contribution is -2.45.